The zero-order chi connectivity index (χ0) is 23.1. The first-order valence-electron chi connectivity index (χ1n) is 11.8. The van der Waals surface area contributed by atoms with E-state index in [0.29, 0.717) is 12.0 Å². The van der Waals surface area contributed by atoms with Gasteiger partial charge in [0.25, 0.3) is 0 Å². The molecule has 0 aliphatic carbocycles. The summed E-state index contributed by atoms with van der Waals surface area (Å²) >= 11 is 0. The van der Waals surface area contributed by atoms with Crippen molar-refractivity contribution in [1.82, 2.24) is 15.5 Å². The van der Waals surface area contributed by atoms with Gasteiger partial charge in [-0.2, -0.15) is 5.10 Å². The number of hydrogen-bond donors (Lipinski definition) is 4. The summed E-state index contributed by atoms with van der Waals surface area (Å²) in [6.07, 6.45) is 6.05. The first kappa shape index (κ1) is 23.9. The summed E-state index contributed by atoms with van der Waals surface area (Å²) < 4.78 is 0. The first-order valence-corrected chi connectivity index (χ1v) is 11.8. The minimum atomic E-state index is 0.376. The normalized spacial score (nSPS) is 17.2. The molecule has 2 atom stereocenters. The van der Waals surface area contributed by atoms with Crippen molar-refractivity contribution in [2.75, 3.05) is 36.5 Å². The molecule has 1 aromatic carbocycles. The van der Waals surface area contributed by atoms with Crippen LogP contribution in [0.4, 0.5) is 11.6 Å². The van der Waals surface area contributed by atoms with E-state index in [2.05, 4.69) is 65.3 Å². The van der Waals surface area contributed by atoms with E-state index in [0.717, 1.165) is 68.2 Å². The van der Waals surface area contributed by atoms with Crippen molar-refractivity contribution in [3.05, 3.63) is 47.2 Å². The maximum absolute atomic E-state index is 7.60. The number of aromatic amines is 1. The van der Waals surface area contributed by atoms with Gasteiger partial charge in [-0.05, 0) is 62.0 Å². The average molecular weight is 438 g/mol. The third-order valence-corrected chi connectivity index (χ3v) is 6.53. The maximum atomic E-state index is 7.60. The fourth-order valence-corrected chi connectivity index (χ4v) is 4.33. The van der Waals surface area contributed by atoms with Gasteiger partial charge < -0.3 is 26.3 Å². The number of aromatic nitrogens is 2. The molecule has 0 spiro atoms. The number of rotatable bonds is 11. The Balaban J connectivity index is 1.81. The van der Waals surface area contributed by atoms with E-state index in [1.807, 2.05) is 7.05 Å². The van der Waals surface area contributed by atoms with Crippen LogP contribution in [0.25, 0.3) is 5.57 Å². The quantitative estimate of drug-likeness (QED) is 0.317. The number of allylic oxidation sites excluding steroid dienone is 1. The molecular weight excluding hydrogens is 398 g/mol. The van der Waals surface area contributed by atoms with Crippen LogP contribution in [0.1, 0.15) is 50.3 Å². The molecule has 3 rings (SSSR count). The Morgan fingerprint density at radius 3 is 2.91 bits per heavy atom. The van der Waals surface area contributed by atoms with Gasteiger partial charge in [0, 0.05) is 49.7 Å². The zero-order valence-electron chi connectivity index (χ0n) is 20.0. The van der Waals surface area contributed by atoms with Crippen LogP contribution in [0.2, 0.25) is 0 Å². The first-order chi connectivity index (χ1) is 15.5. The molecular formula is C25H39N7. The number of nitrogens with one attached hydrogen (secondary N) is 3. The van der Waals surface area contributed by atoms with Gasteiger partial charge in [-0.3, -0.25) is 5.10 Å². The molecule has 0 saturated carbocycles. The lowest BCUT2D eigenvalue weighted by molar-refractivity contribution is 0.532. The molecule has 2 aromatic rings. The standard InChI is InChI=1S/C25H39N7/c1-5-18(2)16-31(10-6-9-28-4)24-13-25(30-29-24)32-17-22-12-21(23(14-26)15-27)8-7-20(22)11-19(32)3/h7-8,12-15,18-19,26,28H,5-6,9-11,16-17,27H2,1-4H3,(H,29,30)/b23-15+,26-14?. The molecule has 0 fully saturated rings. The van der Waals surface area contributed by atoms with Crippen molar-refractivity contribution in [1.29, 1.82) is 5.41 Å². The Morgan fingerprint density at radius 2 is 2.22 bits per heavy atom. The largest absolute Gasteiger partial charge is 0.404 e. The molecule has 1 aromatic heterocycles. The fraction of sp³-hybridized carbons (Fsp3) is 0.520. The van der Waals surface area contributed by atoms with Crippen molar-refractivity contribution in [2.24, 2.45) is 11.7 Å². The number of H-pyrrole nitrogens is 1. The Bertz CT molecular complexity index is 917. The van der Waals surface area contributed by atoms with Gasteiger partial charge in [0.1, 0.15) is 5.82 Å². The van der Waals surface area contributed by atoms with Crippen molar-refractivity contribution >= 4 is 23.4 Å². The summed E-state index contributed by atoms with van der Waals surface area (Å²) in [5, 5.41) is 18.9. The lowest BCUT2D eigenvalue weighted by atomic mass is 9.92. The summed E-state index contributed by atoms with van der Waals surface area (Å²) in [4.78, 5) is 4.81. The summed E-state index contributed by atoms with van der Waals surface area (Å²) in [5.74, 6) is 2.72. The van der Waals surface area contributed by atoms with Crippen LogP contribution in [0, 0.1) is 11.3 Å². The van der Waals surface area contributed by atoms with Gasteiger partial charge in [-0.25, -0.2) is 0 Å². The number of fused-ring (bicyclic) bond motifs is 1. The summed E-state index contributed by atoms with van der Waals surface area (Å²) in [6, 6.07) is 9.00. The molecule has 7 heteroatoms. The molecule has 1 aliphatic heterocycles. The minimum Gasteiger partial charge on any atom is -0.404 e. The van der Waals surface area contributed by atoms with Crippen LogP contribution in [-0.4, -0.2) is 49.1 Å². The van der Waals surface area contributed by atoms with Gasteiger partial charge in [-0.15, -0.1) is 0 Å². The molecule has 1 aliphatic rings. The molecule has 7 nitrogen and oxygen atoms in total. The van der Waals surface area contributed by atoms with Crippen molar-refractivity contribution in [3.63, 3.8) is 0 Å². The summed E-state index contributed by atoms with van der Waals surface area (Å²) in [6.45, 7) is 10.6. The molecule has 0 saturated heterocycles. The molecule has 32 heavy (non-hydrogen) atoms. The average Bonchev–Trinajstić information content (AvgIpc) is 3.28. The van der Waals surface area contributed by atoms with Crippen LogP contribution < -0.4 is 20.9 Å². The van der Waals surface area contributed by atoms with Gasteiger partial charge >= 0.3 is 0 Å². The van der Waals surface area contributed by atoms with Crippen LogP contribution in [0.5, 0.6) is 0 Å². The number of anilines is 2. The Kier molecular flexibility index (Phi) is 8.33. The van der Waals surface area contributed by atoms with Crippen LogP contribution >= 0.6 is 0 Å². The van der Waals surface area contributed by atoms with Crippen LogP contribution in [0.3, 0.4) is 0 Å². The number of hydrogen-bond acceptors (Lipinski definition) is 6. The van der Waals surface area contributed by atoms with E-state index in [1.165, 1.54) is 23.5 Å². The van der Waals surface area contributed by atoms with Crippen LogP contribution in [-0.2, 0) is 13.0 Å². The van der Waals surface area contributed by atoms with E-state index in [4.69, 9.17) is 16.2 Å². The topological polar surface area (TPSA) is 97.1 Å². The number of benzene rings is 1. The lowest BCUT2D eigenvalue weighted by Crippen LogP contribution is -2.38. The highest BCUT2D eigenvalue weighted by atomic mass is 15.3. The van der Waals surface area contributed by atoms with Crippen molar-refractivity contribution in [3.8, 4) is 0 Å². The SMILES string of the molecule is CCC(C)CN(CCCNC)c1cc(N2Cc3cc(/C(C=N)=C/N)ccc3CC2C)[nH]n1. The second-order valence-corrected chi connectivity index (χ2v) is 8.96. The number of nitrogens with zero attached hydrogens (tertiary/aromatic N) is 3. The molecule has 0 radical (unpaired) electrons. The van der Waals surface area contributed by atoms with E-state index in [9.17, 15) is 0 Å². The van der Waals surface area contributed by atoms with Gasteiger partial charge in [-0.1, -0.05) is 32.4 Å². The van der Waals surface area contributed by atoms with E-state index < -0.39 is 0 Å². The molecule has 2 unspecified atom stereocenters. The number of nitrogens with two attached hydrogens (primary N) is 1. The highest BCUT2D eigenvalue weighted by molar-refractivity contribution is 6.08. The zero-order valence-corrected chi connectivity index (χ0v) is 20.0. The maximum Gasteiger partial charge on any atom is 0.152 e. The highest BCUT2D eigenvalue weighted by Crippen LogP contribution is 2.31. The van der Waals surface area contributed by atoms with E-state index >= 15 is 0 Å². The Labute approximate surface area is 192 Å². The van der Waals surface area contributed by atoms with E-state index in [-0.39, 0.29) is 0 Å². The fourth-order valence-electron chi connectivity index (χ4n) is 4.33. The third-order valence-electron chi connectivity index (χ3n) is 6.53. The molecule has 2 heterocycles. The molecule has 174 valence electrons. The molecule has 0 amide bonds. The highest BCUT2D eigenvalue weighted by Gasteiger charge is 2.25. The van der Waals surface area contributed by atoms with Gasteiger partial charge in [0.05, 0.1) is 0 Å². The Morgan fingerprint density at radius 1 is 1.41 bits per heavy atom. The lowest BCUT2D eigenvalue weighted by Gasteiger charge is -2.35. The predicted octanol–water partition coefficient (Wildman–Crippen LogP) is 3.77. The molecule has 5 N–H and O–H groups in total. The smallest absolute Gasteiger partial charge is 0.152 e. The Hall–Kier alpha value is -2.80. The van der Waals surface area contributed by atoms with Gasteiger partial charge in [0.2, 0.25) is 0 Å². The van der Waals surface area contributed by atoms with Crippen molar-refractivity contribution < 1.29 is 0 Å². The van der Waals surface area contributed by atoms with Crippen LogP contribution in [0.15, 0.2) is 30.5 Å². The van der Waals surface area contributed by atoms with E-state index in [1.54, 1.807) is 0 Å². The summed E-state index contributed by atoms with van der Waals surface area (Å²) in [7, 11) is 2.00. The summed E-state index contributed by atoms with van der Waals surface area (Å²) in [5.41, 5.74) is 10.1. The second-order valence-electron chi connectivity index (χ2n) is 8.96. The monoisotopic (exact) mass is 437 g/mol. The predicted molar refractivity (Wildman–Crippen MR) is 136 cm³/mol. The third kappa shape index (κ3) is 5.51. The second kappa shape index (κ2) is 11.2. The van der Waals surface area contributed by atoms with Crippen molar-refractivity contribution in [2.45, 2.75) is 52.6 Å². The minimum absolute atomic E-state index is 0.376. The molecule has 0 bridgehead atoms. The van der Waals surface area contributed by atoms with Gasteiger partial charge in [0.15, 0.2) is 5.82 Å².